The van der Waals surface area contributed by atoms with Gasteiger partial charge in [0.25, 0.3) is 0 Å². The number of aryl methyl sites for hydroxylation is 1. The molecule has 2 aromatic rings. The summed E-state index contributed by atoms with van der Waals surface area (Å²) >= 11 is 0. The smallest absolute Gasteiger partial charge is 0.124 e. The topological polar surface area (TPSA) is 33.7 Å². The lowest BCUT2D eigenvalue weighted by atomic mass is 9.81. The van der Waals surface area contributed by atoms with Gasteiger partial charge in [-0.3, -0.25) is 4.90 Å². The van der Waals surface area contributed by atoms with Crippen molar-refractivity contribution in [3.05, 3.63) is 59.2 Å². The number of rotatable bonds is 4. The van der Waals surface area contributed by atoms with E-state index < -0.39 is 0 Å². The van der Waals surface area contributed by atoms with Gasteiger partial charge in [0.05, 0.1) is 7.11 Å². The quantitative estimate of drug-likeness (QED) is 0.857. The second-order valence-corrected chi connectivity index (χ2v) is 8.46. The molecule has 4 heteroatoms. The average Bonchev–Trinajstić information content (AvgIpc) is 2.88. The molecule has 0 radical (unpaired) electrons. The number of nitrogens with zero attached hydrogens (tertiary/aromatic N) is 1. The summed E-state index contributed by atoms with van der Waals surface area (Å²) in [4.78, 5) is 2.48. The molecule has 1 saturated carbocycles. The Morgan fingerprint density at radius 3 is 2.75 bits per heavy atom. The number of benzene rings is 2. The molecular formula is C24H32N2O2. The lowest BCUT2D eigenvalue weighted by Crippen LogP contribution is -2.50. The summed E-state index contributed by atoms with van der Waals surface area (Å²) in [7, 11) is 4.00. The van der Waals surface area contributed by atoms with Crippen LogP contribution in [0.1, 0.15) is 42.4 Å². The number of methoxy groups -OCH3 is 1. The van der Waals surface area contributed by atoms with Crippen LogP contribution in [0.4, 0.5) is 0 Å². The third kappa shape index (κ3) is 4.03. The van der Waals surface area contributed by atoms with E-state index in [0.717, 1.165) is 56.8 Å². The first-order valence-electron chi connectivity index (χ1n) is 10.4. The molecule has 1 aliphatic heterocycles. The Hall–Kier alpha value is -2.04. The fraction of sp³-hybridized carbons (Fsp3) is 0.500. The first-order chi connectivity index (χ1) is 13.6. The van der Waals surface area contributed by atoms with Crippen LogP contribution < -0.4 is 14.8 Å². The summed E-state index contributed by atoms with van der Waals surface area (Å²) in [6, 6.07) is 15.5. The van der Waals surface area contributed by atoms with Crippen molar-refractivity contribution in [2.75, 3.05) is 20.7 Å². The summed E-state index contributed by atoms with van der Waals surface area (Å²) in [6.07, 6.45) is 4.51. The molecule has 2 aliphatic rings. The van der Waals surface area contributed by atoms with Gasteiger partial charge in [-0.1, -0.05) is 30.3 Å². The van der Waals surface area contributed by atoms with Gasteiger partial charge in [0.15, 0.2) is 0 Å². The predicted octanol–water partition coefficient (Wildman–Crippen LogP) is 4.30. The van der Waals surface area contributed by atoms with Gasteiger partial charge in [0, 0.05) is 36.8 Å². The van der Waals surface area contributed by atoms with Crippen LogP contribution >= 0.6 is 0 Å². The van der Waals surface area contributed by atoms with Gasteiger partial charge in [-0.05, 0) is 57.4 Å². The molecule has 2 aromatic carbocycles. The van der Waals surface area contributed by atoms with Crippen LogP contribution in [-0.2, 0) is 13.1 Å². The molecule has 0 amide bonds. The van der Waals surface area contributed by atoms with Gasteiger partial charge in [0.1, 0.15) is 17.1 Å². The fourth-order valence-electron chi connectivity index (χ4n) is 4.67. The number of hydrogen-bond acceptors (Lipinski definition) is 4. The lowest BCUT2D eigenvalue weighted by molar-refractivity contribution is 0.00864. The summed E-state index contributed by atoms with van der Waals surface area (Å²) in [5.41, 5.74) is 3.70. The van der Waals surface area contributed by atoms with Crippen molar-refractivity contribution < 1.29 is 9.47 Å². The maximum Gasteiger partial charge on any atom is 0.124 e. The minimum Gasteiger partial charge on any atom is -0.496 e. The second kappa shape index (κ2) is 8.14. The normalized spacial score (nSPS) is 24.5. The van der Waals surface area contributed by atoms with Gasteiger partial charge in [-0.15, -0.1) is 0 Å². The molecule has 1 aliphatic carbocycles. The maximum atomic E-state index is 6.58. The van der Waals surface area contributed by atoms with Crippen LogP contribution in [0.25, 0.3) is 0 Å². The summed E-state index contributed by atoms with van der Waals surface area (Å²) in [5.74, 6) is 2.05. The molecule has 0 bridgehead atoms. The van der Waals surface area contributed by atoms with Crippen LogP contribution in [0, 0.1) is 6.92 Å². The Labute approximate surface area is 168 Å². The van der Waals surface area contributed by atoms with E-state index in [-0.39, 0.29) is 5.60 Å². The van der Waals surface area contributed by atoms with E-state index >= 15 is 0 Å². The first-order valence-corrected chi connectivity index (χ1v) is 10.4. The zero-order valence-corrected chi connectivity index (χ0v) is 17.3. The Bertz CT molecular complexity index is 812. The molecule has 4 rings (SSSR count). The highest BCUT2D eigenvalue weighted by atomic mass is 16.5. The summed E-state index contributed by atoms with van der Waals surface area (Å²) in [5, 5.41) is 3.61. The van der Waals surface area contributed by atoms with E-state index in [2.05, 4.69) is 66.7 Å². The zero-order chi connectivity index (χ0) is 19.6. The Morgan fingerprint density at radius 2 is 1.96 bits per heavy atom. The highest BCUT2D eigenvalue weighted by Gasteiger charge is 2.39. The molecule has 1 fully saturated rings. The van der Waals surface area contributed by atoms with Crippen LogP contribution in [0.2, 0.25) is 0 Å². The molecule has 1 spiro atoms. The largest absolute Gasteiger partial charge is 0.496 e. The third-order valence-corrected chi connectivity index (χ3v) is 6.41. The van der Waals surface area contributed by atoms with Crippen molar-refractivity contribution in [3.8, 4) is 11.5 Å². The van der Waals surface area contributed by atoms with Crippen molar-refractivity contribution in [1.82, 2.24) is 10.2 Å². The van der Waals surface area contributed by atoms with E-state index in [4.69, 9.17) is 9.47 Å². The molecule has 150 valence electrons. The van der Waals surface area contributed by atoms with Gasteiger partial charge in [-0.2, -0.15) is 0 Å². The molecular weight excluding hydrogens is 348 g/mol. The molecule has 0 saturated heterocycles. The van der Waals surface area contributed by atoms with E-state index in [1.165, 1.54) is 16.7 Å². The summed E-state index contributed by atoms with van der Waals surface area (Å²) in [6.45, 7) is 4.86. The van der Waals surface area contributed by atoms with E-state index in [1.54, 1.807) is 7.11 Å². The predicted molar refractivity (Wildman–Crippen MR) is 113 cm³/mol. The minimum atomic E-state index is -0.0640. The van der Waals surface area contributed by atoms with Gasteiger partial charge in [-0.25, -0.2) is 0 Å². The molecule has 0 atom stereocenters. The highest BCUT2D eigenvalue weighted by Crippen LogP contribution is 2.37. The number of ether oxygens (including phenoxy) is 2. The molecule has 1 N–H and O–H groups in total. The SMILES string of the molecule is COc1cc(C)ccc1CN(C)C1CCC2(CC1)CNCc1ccccc1O2. The second-order valence-electron chi connectivity index (χ2n) is 8.46. The van der Waals surface area contributed by atoms with Crippen LogP contribution in [0.15, 0.2) is 42.5 Å². The van der Waals surface area contributed by atoms with Gasteiger partial charge < -0.3 is 14.8 Å². The lowest BCUT2D eigenvalue weighted by Gasteiger charge is -2.42. The van der Waals surface area contributed by atoms with Crippen LogP contribution in [0.3, 0.4) is 0 Å². The minimum absolute atomic E-state index is 0.0640. The van der Waals surface area contributed by atoms with E-state index in [9.17, 15) is 0 Å². The monoisotopic (exact) mass is 380 g/mol. The Morgan fingerprint density at radius 1 is 1.18 bits per heavy atom. The molecule has 4 nitrogen and oxygen atoms in total. The Balaban J connectivity index is 1.40. The number of hydrogen-bond donors (Lipinski definition) is 1. The van der Waals surface area contributed by atoms with E-state index in [0.29, 0.717) is 6.04 Å². The number of para-hydroxylation sites is 1. The third-order valence-electron chi connectivity index (χ3n) is 6.41. The Kier molecular flexibility index (Phi) is 5.61. The number of fused-ring (bicyclic) bond motifs is 1. The summed E-state index contributed by atoms with van der Waals surface area (Å²) < 4.78 is 12.2. The van der Waals surface area contributed by atoms with Crippen molar-refractivity contribution in [1.29, 1.82) is 0 Å². The zero-order valence-electron chi connectivity index (χ0n) is 17.3. The molecule has 0 unspecified atom stereocenters. The maximum absolute atomic E-state index is 6.58. The standard InChI is InChI=1S/C24H32N2O2/c1-18-8-9-20(23(14-18)27-3)16-26(2)21-10-12-24(13-11-21)17-25-15-19-6-4-5-7-22(19)28-24/h4-9,14,21,25H,10-13,15-17H2,1-3H3. The van der Waals surface area contributed by atoms with E-state index in [1.807, 2.05) is 0 Å². The van der Waals surface area contributed by atoms with Crippen molar-refractivity contribution in [2.24, 2.45) is 0 Å². The average molecular weight is 381 g/mol. The number of nitrogens with one attached hydrogen (secondary N) is 1. The van der Waals surface area contributed by atoms with Crippen molar-refractivity contribution in [2.45, 2.75) is 57.3 Å². The molecule has 0 aromatic heterocycles. The van der Waals surface area contributed by atoms with Gasteiger partial charge in [0.2, 0.25) is 0 Å². The molecule has 1 heterocycles. The van der Waals surface area contributed by atoms with Crippen molar-refractivity contribution >= 4 is 0 Å². The molecule has 28 heavy (non-hydrogen) atoms. The fourth-order valence-corrected chi connectivity index (χ4v) is 4.67. The van der Waals surface area contributed by atoms with Gasteiger partial charge >= 0.3 is 0 Å². The van der Waals surface area contributed by atoms with Crippen LogP contribution in [-0.4, -0.2) is 37.2 Å². The highest BCUT2D eigenvalue weighted by molar-refractivity contribution is 5.37. The van der Waals surface area contributed by atoms with Crippen molar-refractivity contribution in [3.63, 3.8) is 0 Å². The van der Waals surface area contributed by atoms with Crippen LogP contribution in [0.5, 0.6) is 11.5 Å². The first kappa shape index (κ1) is 19.3.